The van der Waals surface area contributed by atoms with Crippen molar-refractivity contribution in [3.63, 3.8) is 0 Å². The molecule has 104 valence electrons. The number of carboxylic acid groups (broad SMARTS) is 1. The average Bonchev–Trinajstić information content (AvgIpc) is 2.40. The summed E-state index contributed by atoms with van der Waals surface area (Å²) in [5, 5.41) is 8.82. The van der Waals surface area contributed by atoms with Crippen LogP contribution in [0.15, 0.2) is 30.3 Å². The van der Waals surface area contributed by atoms with Crippen LogP contribution < -0.4 is 0 Å². The molecule has 1 saturated heterocycles. The SMILES string of the molecule is CC(Cc1ccccc1)N1CCC(CC(=O)O)CC1. The molecule has 1 aromatic rings. The topological polar surface area (TPSA) is 40.5 Å². The van der Waals surface area contributed by atoms with Crippen molar-refractivity contribution >= 4 is 5.97 Å². The molecule has 3 heteroatoms. The molecular formula is C16H23NO2. The van der Waals surface area contributed by atoms with Gasteiger partial charge in [0.1, 0.15) is 0 Å². The third-order valence-corrected chi connectivity index (χ3v) is 4.11. The predicted octanol–water partition coefficient (Wildman–Crippen LogP) is 2.80. The number of nitrogens with zero attached hydrogens (tertiary/aromatic N) is 1. The summed E-state index contributed by atoms with van der Waals surface area (Å²) in [6, 6.07) is 11.1. The second kappa shape index (κ2) is 6.71. The quantitative estimate of drug-likeness (QED) is 0.886. The van der Waals surface area contributed by atoms with E-state index in [4.69, 9.17) is 5.11 Å². The lowest BCUT2D eigenvalue weighted by atomic mass is 9.92. The molecule has 0 spiro atoms. The van der Waals surface area contributed by atoms with Crippen molar-refractivity contribution in [1.29, 1.82) is 0 Å². The minimum absolute atomic E-state index is 0.334. The number of carbonyl (C=O) groups is 1. The number of aliphatic carboxylic acids is 1. The lowest BCUT2D eigenvalue weighted by Gasteiger charge is -2.35. The minimum atomic E-state index is -0.657. The maximum Gasteiger partial charge on any atom is 0.303 e. The van der Waals surface area contributed by atoms with Crippen LogP contribution in [0.2, 0.25) is 0 Å². The zero-order chi connectivity index (χ0) is 13.7. The van der Waals surface area contributed by atoms with Crippen LogP contribution in [0.1, 0.15) is 31.7 Å². The highest BCUT2D eigenvalue weighted by Gasteiger charge is 2.24. The van der Waals surface area contributed by atoms with Gasteiger partial charge >= 0.3 is 5.97 Å². The van der Waals surface area contributed by atoms with Gasteiger partial charge in [0.15, 0.2) is 0 Å². The minimum Gasteiger partial charge on any atom is -0.481 e. The monoisotopic (exact) mass is 261 g/mol. The molecule has 1 aliphatic heterocycles. The second-order valence-corrected chi connectivity index (χ2v) is 5.62. The molecule has 2 rings (SSSR count). The number of rotatable bonds is 5. The van der Waals surface area contributed by atoms with Crippen LogP contribution in [-0.4, -0.2) is 35.1 Å². The van der Waals surface area contributed by atoms with Gasteiger partial charge in [0.2, 0.25) is 0 Å². The highest BCUT2D eigenvalue weighted by molar-refractivity contribution is 5.67. The summed E-state index contributed by atoms with van der Waals surface area (Å²) in [7, 11) is 0. The molecule has 1 fully saturated rings. The predicted molar refractivity (Wildman–Crippen MR) is 76.2 cm³/mol. The first-order valence-corrected chi connectivity index (χ1v) is 7.15. The van der Waals surface area contributed by atoms with Crippen LogP contribution in [0.5, 0.6) is 0 Å². The Bertz CT molecular complexity index is 396. The Hall–Kier alpha value is -1.35. The third-order valence-electron chi connectivity index (χ3n) is 4.11. The van der Waals surface area contributed by atoms with Gasteiger partial charge in [0.05, 0.1) is 0 Å². The lowest BCUT2D eigenvalue weighted by Crippen LogP contribution is -2.41. The van der Waals surface area contributed by atoms with Crippen molar-refractivity contribution in [3.05, 3.63) is 35.9 Å². The fourth-order valence-electron chi connectivity index (χ4n) is 2.93. The van der Waals surface area contributed by atoms with E-state index in [0.717, 1.165) is 32.4 Å². The molecule has 0 bridgehead atoms. The van der Waals surface area contributed by atoms with Gasteiger partial charge in [-0.3, -0.25) is 4.79 Å². The van der Waals surface area contributed by atoms with Crippen LogP contribution >= 0.6 is 0 Å². The molecule has 1 unspecified atom stereocenters. The number of piperidine rings is 1. The first-order valence-electron chi connectivity index (χ1n) is 7.15. The van der Waals surface area contributed by atoms with Gasteiger partial charge in [-0.15, -0.1) is 0 Å². The molecule has 1 aromatic carbocycles. The smallest absolute Gasteiger partial charge is 0.303 e. The first kappa shape index (κ1) is 14.1. The standard InChI is InChI=1S/C16H23NO2/c1-13(11-14-5-3-2-4-6-14)17-9-7-15(8-10-17)12-16(18)19/h2-6,13,15H,7-12H2,1H3,(H,18,19). The maximum absolute atomic E-state index is 10.7. The van der Waals surface area contributed by atoms with Gasteiger partial charge in [0, 0.05) is 12.5 Å². The number of benzene rings is 1. The second-order valence-electron chi connectivity index (χ2n) is 5.62. The third kappa shape index (κ3) is 4.35. The fraction of sp³-hybridized carbons (Fsp3) is 0.562. The van der Waals surface area contributed by atoms with E-state index in [1.54, 1.807) is 0 Å². The van der Waals surface area contributed by atoms with E-state index in [-0.39, 0.29) is 0 Å². The van der Waals surface area contributed by atoms with Crippen molar-refractivity contribution in [3.8, 4) is 0 Å². The summed E-state index contributed by atoms with van der Waals surface area (Å²) in [6.07, 6.45) is 3.45. The Labute approximate surface area is 115 Å². The van der Waals surface area contributed by atoms with E-state index in [2.05, 4.69) is 36.1 Å². The van der Waals surface area contributed by atoms with E-state index in [9.17, 15) is 4.79 Å². The largest absolute Gasteiger partial charge is 0.481 e. The highest BCUT2D eigenvalue weighted by Crippen LogP contribution is 2.22. The summed E-state index contributed by atoms with van der Waals surface area (Å²) < 4.78 is 0. The van der Waals surface area contributed by atoms with Gasteiger partial charge in [-0.05, 0) is 50.8 Å². The Balaban J connectivity index is 1.79. The van der Waals surface area contributed by atoms with Crippen LogP contribution in [0, 0.1) is 5.92 Å². The Morgan fingerprint density at radius 3 is 2.53 bits per heavy atom. The van der Waals surface area contributed by atoms with Crippen molar-refractivity contribution in [2.24, 2.45) is 5.92 Å². The maximum atomic E-state index is 10.7. The molecule has 1 aliphatic rings. The summed E-state index contributed by atoms with van der Waals surface area (Å²) in [4.78, 5) is 13.2. The van der Waals surface area contributed by atoms with Gasteiger partial charge in [-0.2, -0.15) is 0 Å². The molecule has 0 amide bonds. The van der Waals surface area contributed by atoms with Crippen molar-refractivity contribution in [2.45, 2.75) is 38.6 Å². The molecule has 19 heavy (non-hydrogen) atoms. The lowest BCUT2D eigenvalue weighted by molar-refractivity contribution is -0.138. The van der Waals surface area contributed by atoms with Gasteiger partial charge in [-0.1, -0.05) is 30.3 Å². The summed E-state index contributed by atoms with van der Waals surface area (Å²) in [5.74, 6) is -0.284. The normalized spacial score (nSPS) is 19.2. The number of likely N-dealkylation sites (tertiary alicyclic amines) is 1. The van der Waals surface area contributed by atoms with Crippen LogP contribution in [-0.2, 0) is 11.2 Å². The molecule has 3 nitrogen and oxygen atoms in total. The summed E-state index contributed by atoms with van der Waals surface area (Å²) in [6.45, 7) is 4.34. The highest BCUT2D eigenvalue weighted by atomic mass is 16.4. The van der Waals surface area contributed by atoms with Gasteiger partial charge < -0.3 is 10.0 Å². The fourth-order valence-corrected chi connectivity index (χ4v) is 2.93. The van der Waals surface area contributed by atoms with Crippen molar-refractivity contribution in [1.82, 2.24) is 4.90 Å². The van der Waals surface area contributed by atoms with Crippen LogP contribution in [0.4, 0.5) is 0 Å². The molecule has 1 heterocycles. The molecule has 0 saturated carbocycles. The summed E-state index contributed by atoms with van der Waals surface area (Å²) in [5.41, 5.74) is 1.38. The average molecular weight is 261 g/mol. The Morgan fingerprint density at radius 1 is 1.32 bits per heavy atom. The zero-order valence-corrected chi connectivity index (χ0v) is 11.6. The number of hydrogen-bond acceptors (Lipinski definition) is 2. The van der Waals surface area contributed by atoms with Gasteiger partial charge in [0.25, 0.3) is 0 Å². The van der Waals surface area contributed by atoms with Crippen LogP contribution in [0.25, 0.3) is 0 Å². The van der Waals surface area contributed by atoms with Crippen LogP contribution in [0.3, 0.4) is 0 Å². The molecular weight excluding hydrogens is 238 g/mol. The Kier molecular flexibility index (Phi) is 4.97. The Morgan fingerprint density at radius 2 is 1.95 bits per heavy atom. The zero-order valence-electron chi connectivity index (χ0n) is 11.6. The molecule has 0 radical (unpaired) electrons. The number of hydrogen-bond donors (Lipinski definition) is 1. The van der Waals surface area contributed by atoms with E-state index >= 15 is 0 Å². The molecule has 1 N–H and O–H groups in total. The first-order chi connectivity index (χ1) is 9.15. The van der Waals surface area contributed by atoms with E-state index < -0.39 is 5.97 Å². The number of carboxylic acids is 1. The van der Waals surface area contributed by atoms with Gasteiger partial charge in [-0.25, -0.2) is 0 Å². The van der Waals surface area contributed by atoms with E-state index in [1.807, 2.05) is 6.07 Å². The van der Waals surface area contributed by atoms with Crippen molar-refractivity contribution in [2.75, 3.05) is 13.1 Å². The summed E-state index contributed by atoms with van der Waals surface area (Å²) >= 11 is 0. The van der Waals surface area contributed by atoms with E-state index in [0.29, 0.717) is 18.4 Å². The molecule has 0 aromatic heterocycles. The molecule has 1 atom stereocenters. The van der Waals surface area contributed by atoms with Crippen molar-refractivity contribution < 1.29 is 9.90 Å². The molecule has 0 aliphatic carbocycles. The van der Waals surface area contributed by atoms with E-state index in [1.165, 1.54) is 5.56 Å².